The monoisotopic (exact) mass is 313 g/mol. The highest BCUT2D eigenvalue weighted by Gasteiger charge is 2.13. The van der Waals surface area contributed by atoms with Gasteiger partial charge in [0.25, 0.3) is 0 Å². The Morgan fingerprint density at radius 1 is 1.09 bits per heavy atom. The van der Waals surface area contributed by atoms with Gasteiger partial charge in [-0.3, -0.25) is 0 Å². The highest BCUT2D eigenvalue weighted by atomic mass is 35.5. The number of anilines is 1. The number of halogens is 1. The van der Waals surface area contributed by atoms with Crippen molar-refractivity contribution in [2.75, 3.05) is 5.32 Å². The van der Waals surface area contributed by atoms with Gasteiger partial charge in [0.2, 0.25) is 0 Å². The SMILES string of the molecule is CC(C)Nc1nc(-c2ccccc2O)nc2cc(Cl)ccc12. The molecule has 5 heteroatoms. The Morgan fingerprint density at radius 2 is 1.86 bits per heavy atom. The van der Waals surface area contributed by atoms with Crippen LogP contribution in [-0.4, -0.2) is 21.1 Å². The molecule has 0 saturated carbocycles. The Bertz CT molecular complexity index is 833. The van der Waals surface area contributed by atoms with Gasteiger partial charge in [-0.15, -0.1) is 0 Å². The van der Waals surface area contributed by atoms with Crippen LogP contribution in [0.2, 0.25) is 5.02 Å². The Morgan fingerprint density at radius 3 is 2.59 bits per heavy atom. The van der Waals surface area contributed by atoms with Gasteiger partial charge in [-0.05, 0) is 44.2 Å². The summed E-state index contributed by atoms with van der Waals surface area (Å²) >= 11 is 6.08. The van der Waals surface area contributed by atoms with Crippen LogP contribution in [0.1, 0.15) is 13.8 Å². The molecule has 0 unspecified atom stereocenters. The van der Waals surface area contributed by atoms with Gasteiger partial charge in [0.15, 0.2) is 5.82 Å². The van der Waals surface area contributed by atoms with E-state index in [1.54, 1.807) is 24.3 Å². The minimum atomic E-state index is 0.152. The first kappa shape index (κ1) is 14.6. The minimum absolute atomic E-state index is 0.152. The van der Waals surface area contributed by atoms with E-state index < -0.39 is 0 Å². The second-order valence-corrected chi connectivity index (χ2v) is 5.81. The molecule has 2 N–H and O–H groups in total. The first-order valence-corrected chi connectivity index (χ1v) is 7.44. The molecular formula is C17H16ClN3O. The van der Waals surface area contributed by atoms with E-state index in [-0.39, 0.29) is 11.8 Å². The summed E-state index contributed by atoms with van der Waals surface area (Å²) in [4.78, 5) is 9.12. The third-order valence-electron chi connectivity index (χ3n) is 3.23. The maximum Gasteiger partial charge on any atom is 0.165 e. The predicted octanol–water partition coefficient (Wildman–Crippen LogP) is 4.48. The molecule has 0 aliphatic rings. The number of para-hydroxylation sites is 1. The molecule has 0 amide bonds. The first-order valence-electron chi connectivity index (χ1n) is 7.07. The van der Waals surface area contributed by atoms with E-state index in [1.807, 2.05) is 32.0 Å². The Kier molecular flexibility index (Phi) is 3.86. The summed E-state index contributed by atoms with van der Waals surface area (Å²) in [5.41, 5.74) is 1.33. The number of fused-ring (bicyclic) bond motifs is 1. The molecule has 112 valence electrons. The van der Waals surface area contributed by atoms with Crippen LogP contribution >= 0.6 is 11.6 Å². The molecule has 1 aromatic heterocycles. The van der Waals surface area contributed by atoms with Gasteiger partial charge in [0.1, 0.15) is 11.6 Å². The van der Waals surface area contributed by atoms with E-state index in [0.29, 0.717) is 16.4 Å². The Hall–Kier alpha value is -2.33. The van der Waals surface area contributed by atoms with E-state index in [1.165, 1.54) is 0 Å². The van der Waals surface area contributed by atoms with Crippen LogP contribution in [0.15, 0.2) is 42.5 Å². The minimum Gasteiger partial charge on any atom is -0.507 e. The molecule has 0 aliphatic heterocycles. The van der Waals surface area contributed by atoms with E-state index in [9.17, 15) is 5.11 Å². The quantitative estimate of drug-likeness (QED) is 0.748. The molecule has 0 atom stereocenters. The van der Waals surface area contributed by atoms with Crippen LogP contribution in [0.5, 0.6) is 5.75 Å². The number of phenolic OH excluding ortho intramolecular Hbond substituents is 1. The molecule has 22 heavy (non-hydrogen) atoms. The van der Waals surface area contributed by atoms with Crippen molar-refractivity contribution in [1.82, 2.24) is 9.97 Å². The largest absolute Gasteiger partial charge is 0.507 e. The molecular weight excluding hydrogens is 298 g/mol. The third kappa shape index (κ3) is 2.83. The van der Waals surface area contributed by atoms with Gasteiger partial charge in [0.05, 0.1) is 11.1 Å². The molecule has 0 spiro atoms. The lowest BCUT2D eigenvalue weighted by atomic mass is 10.1. The van der Waals surface area contributed by atoms with Crippen molar-refractivity contribution in [3.05, 3.63) is 47.5 Å². The summed E-state index contributed by atoms with van der Waals surface area (Å²) in [5.74, 6) is 1.35. The molecule has 0 radical (unpaired) electrons. The third-order valence-corrected chi connectivity index (χ3v) is 3.46. The predicted molar refractivity (Wildman–Crippen MR) is 90.4 cm³/mol. The van der Waals surface area contributed by atoms with Crippen LogP contribution in [0.4, 0.5) is 5.82 Å². The van der Waals surface area contributed by atoms with E-state index in [2.05, 4.69) is 15.3 Å². The second-order valence-electron chi connectivity index (χ2n) is 5.37. The van der Waals surface area contributed by atoms with Gasteiger partial charge in [-0.25, -0.2) is 9.97 Å². The number of aromatic nitrogens is 2. The molecule has 1 heterocycles. The molecule has 0 bridgehead atoms. The van der Waals surface area contributed by atoms with Crippen molar-refractivity contribution < 1.29 is 5.11 Å². The topological polar surface area (TPSA) is 58.0 Å². The van der Waals surface area contributed by atoms with Gasteiger partial charge in [-0.1, -0.05) is 23.7 Å². The molecule has 0 saturated heterocycles. The average molecular weight is 314 g/mol. The van der Waals surface area contributed by atoms with Crippen LogP contribution in [-0.2, 0) is 0 Å². The fourth-order valence-electron chi connectivity index (χ4n) is 2.27. The fourth-order valence-corrected chi connectivity index (χ4v) is 2.44. The fraction of sp³-hybridized carbons (Fsp3) is 0.176. The summed E-state index contributed by atoms with van der Waals surface area (Å²) in [5, 5.41) is 14.9. The van der Waals surface area contributed by atoms with Crippen molar-refractivity contribution in [1.29, 1.82) is 0 Å². The highest BCUT2D eigenvalue weighted by molar-refractivity contribution is 6.31. The lowest BCUT2D eigenvalue weighted by Gasteiger charge is -2.14. The summed E-state index contributed by atoms with van der Waals surface area (Å²) in [6.07, 6.45) is 0. The van der Waals surface area contributed by atoms with Gasteiger partial charge >= 0.3 is 0 Å². The number of phenols is 1. The lowest BCUT2D eigenvalue weighted by Crippen LogP contribution is -2.12. The smallest absolute Gasteiger partial charge is 0.165 e. The van der Waals surface area contributed by atoms with Crippen molar-refractivity contribution >= 4 is 28.3 Å². The zero-order chi connectivity index (χ0) is 15.7. The number of benzene rings is 2. The average Bonchev–Trinajstić information content (AvgIpc) is 2.46. The van der Waals surface area contributed by atoms with E-state index >= 15 is 0 Å². The number of hydrogen-bond donors (Lipinski definition) is 2. The normalized spacial score (nSPS) is 11.1. The zero-order valence-corrected chi connectivity index (χ0v) is 13.1. The molecule has 3 aromatic rings. The van der Waals surface area contributed by atoms with Crippen LogP contribution in [0, 0.1) is 0 Å². The zero-order valence-electron chi connectivity index (χ0n) is 12.3. The van der Waals surface area contributed by atoms with Crippen LogP contribution in [0.3, 0.4) is 0 Å². The van der Waals surface area contributed by atoms with E-state index in [4.69, 9.17) is 11.6 Å². The maximum atomic E-state index is 10.0. The first-order chi connectivity index (χ1) is 10.5. The van der Waals surface area contributed by atoms with Crippen molar-refractivity contribution in [3.8, 4) is 17.1 Å². The second kappa shape index (κ2) is 5.81. The summed E-state index contributed by atoms with van der Waals surface area (Å²) in [6, 6.07) is 12.8. The number of hydrogen-bond acceptors (Lipinski definition) is 4. The van der Waals surface area contributed by atoms with Gasteiger partial charge < -0.3 is 10.4 Å². The molecule has 0 aliphatic carbocycles. The summed E-state index contributed by atoms with van der Waals surface area (Å²) in [6.45, 7) is 4.09. The maximum absolute atomic E-state index is 10.0. The molecule has 4 nitrogen and oxygen atoms in total. The van der Waals surface area contributed by atoms with Gasteiger partial charge in [-0.2, -0.15) is 0 Å². The number of rotatable bonds is 3. The van der Waals surface area contributed by atoms with Crippen LogP contribution < -0.4 is 5.32 Å². The van der Waals surface area contributed by atoms with Crippen molar-refractivity contribution in [3.63, 3.8) is 0 Å². The Labute approximate surface area is 133 Å². The van der Waals surface area contributed by atoms with E-state index in [0.717, 1.165) is 16.7 Å². The molecule has 2 aromatic carbocycles. The lowest BCUT2D eigenvalue weighted by molar-refractivity contribution is 0.477. The van der Waals surface area contributed by atoms with Crippen LogP contribution in [0.25, 0.3) is 22.3 Å². The molecule has 3 rings (SSSR count). The number of nitrogens with zero attached hydrogens (tertiary/aromatic N) is 2. The van der Waals surface area contributed by atoms with Gasteiger partial charge in [0, 0.05) is 16.5 Å². The standard InChI is InChI=1S/C17H16ClN3O/c1-10(2)19-16-12-8-7-11(18)9-14(12)20-17(21-16)13-5-3-4-6-15(13)22/h3-10,22H,1-2H3,(H,19,20,21). The molecule has 0 fully saturated rings. The Balaban J connectivity index is 2.25. The summed E-state index contributed by atoms with van der Waals surface area (Å²) < 4.78 is 0. The van der Waals surface area contributed by atoms with Crippen molar-refractivity contribution in [2.24, 2.45) is 0 Å². The number of aromatic hydroxyl groups is 1. The summed E-state index contributed by atoms with van der Waals surface area (Å²) in [7, 11) is 0. The number of nitrogens with one attached hydrogen (secondary N) is 1. The van der Waals surface area contributed by atoms with Crippen molar-refractivity contribution in [2.45, 2.75) is 19.9 Å². The highest BCUT2D eigenvalue weighted by Crippen LogP contribution is 2.31.